The molecule has 6 aromatic rings. The van der Waals surface area contributed by atoms with Crippen molar-refractivity contribution in [2.45, 2.75) is 32.9 Å². The molecule has 0 aliphatic heterocycles. The third-order valence-electron chi connectivity index (χ3n) is 6.57. The Bertz CT molecular complexity index is 2020. The normalized spacial score (nSPS) is 12.5. The van der Waals surface area contributed by atoms with E-state index in [4.69, 9.17) is 27.2 Å². The number of hydrogen-bond donors (Lipinski definition) is 1. The molecule has 1 atom stereocenters. The van der Waals surface area contributed by atoms with Gasteiger partial charge >= 0.3 is 0 Å². The van der Waals surface area contributed by atoms with Gasteiger partial charge in [-0.15, -0.1) is 11.3 Å². The molecule has 5 aromatic heterocycles. The number of hydrogen-bond acceptors (Lipinski definition) is 8. The van der Waals surface area contributed by atoms with Gasteiger partial charge in [-0.2, -0.15) is 5.10 Å². The van der Waals surface area contributed by atoms with Crippen LogP contribution in [-0.4, -0.2) is 35.2 Å². The third kappa shape index (κ3) is 4.58. The van der Waals surface area contributed by atoms with E-state index in [1.54, 1.807) is 30.0 Å². The fourth-order valence-corrected chi connectivity index (χ4v) is 5.94. The van der Waals surface area contributed by atoms with Gasteiger partial charge in [0, 0.05) is 17.1 Å². The van der Waals surface area contributed by atoms with Crippen molar-refractivity contribution in [3.63, 3.8) is 0 Å². The summed E-state index contributed by atoms with van der Waals surface area (Å²) >= 11 is 7.64. The van der Waals surface area contributed by atoms with Crippen molar-refractivity contribution in [1.82, 2.24) is 29.1 Å². The van der Waals surface area contributed by atoms with Crippen LogP contribution in [0.2, 0.25) is 5.15 Å². The number of ether oxygens (including phenoxy) is 1. The van der Waals surface area contributed by atoms with Crippen molar-refractivity contribution < 1.29 is 13.5 Å². The van der Waals surface area contributed by atoms with E-state index >= 15 is 0 Å². The molecule has 0 saturated carbocycles. The Morgan fingerprint density at radius 2 is 1.88 bits per heavy atom. The number of nitrogen functional groups attached to an aromatic ring is 1. The van der Waals surface area contributed by atoms with Gasteiger partial charge in [-0.1, -0.05) is 23.7 Å². The molecule has 13 heteroatoms. The van der Waals surface area contributed by atoms with Gasteiger partial charge in [0.25, 0.3) is 11.4 Å². The third-order valence-corrected chi connectivity index (χ3v) is 7.86. The number of benzene rings is 1. The molecule has 0 radical (unpaired) electrons. The van der Waals surface area contributed by atoms with Gasteiger partial charge in [-0.3, -0.25) is 9.20 Å². The van der Waals surface area contributed by atoms with Crippen LogP contribution < -0.4 is 16.0 Å². The van der Waals surface area contributed by atoms with Crippen LogP contribution in [0.5, 0.6) is 5.88 Å². The quantitative estimate of drug-likeness (QED) is 0.247. The monoisotopic (exact) mass is 593 g/mol. The molecule has 0 amide bonds. The number of fused-ring (bicyclic) bond motifs is 2. The Morgan fingerprint density at radius 1 is 1.07 bits per heavy atom. The number of thiazole rings is 1. The minimum atomic E-state index is -0.663. The number of pyridine rings is 2. The summed E-state index contributed by atoms with van der Waals surface area (Å²) in [5.41, 5.74) is 8.05. The summed E-state index contributed by atoms with van der Waals surface area (Å²) in [6.07, 6.45) is 2.48. The van der Waals surface area contributed by atoms with Crippen molar-refractivity contribution in [3.05, 3.63) is 87.0 Å². The van der Waals surface area contributed by atoms with Crippen LogP contribution in [0.1, 0.15) is 32.4 Å². The van der Waals surface area contributed by atoms with Crippen LogP contribution >= 0.6 is 22.9 Å². The number of aromatic nitrogens is 6. The van der Waals surface area contributed by atoms with Crippen LogP contribution in [0.4, 0.5) is 14.6 Å². The second kappa shape index (κ2) is 10.2. The van der Waals surface area contributed by atoms with E-state index < -0.39 is 23.2 Å². The molecule has 1 aromatic carbocycles. The maximum Gasteiger partial charge on any atom is 0.265 e. The summed E-state index contributed by atoms with van der Waals surface area (Å²) in [4.78, 5) is 27.1. The number of halogens is 3. The van der Waals surface area contributed by atoms with Crippen LogP contribution in [0.3, 0.4) is 0 Å². The van der Waals surface area contributed by atoms with Crippen molar-refractivity contribution in [2.75, 3.05) is 5.73 Å². The molecule has 0 saturated heterocycles. The van der Waals surface area contributed by atoms with E-state index in [0.717, 1.165) is 0 Å². The summed E-state index contributed by atoms with van der Waals surface area (Å²) in [6.45, 7) is 5.38. The lowest BCUT2D eigenvalue weighted by atomic mass is 9.97. The zero-order valence-electron chi connectivity index (χ0n) is 22.0. The first-order valence-corrected chi connectivity index (χ1v) is 13.8. The minimum absolute atomic E-state index is 0.131. The van der Waals surface area contributed by atoms with Crippen LogP contribution in [-0.2, 0) is 0 Å². The molecule has 2 N–H and O–H groups in total. The standard InChI is InChI=1S/C28H22ClF2N7O2S/c1-13(2)40-27-19(31)8-16(10-33-27)24-23-25(32)34-12-35-26(23)38(36-24)14(3)18-9-21-37(20(29)11-41-21)28(39)22(18)15-5-4-6-17(30)7-15/h4-14H,1-3H3,(H2,32,34,35)/t14-/m0/s1. The maximum absolute atomic E-state index is 14.9. The van der Waals surface area contributed by atoms with Crippen LogP contribution in [0.15, 0.2) is 59.1 Å². The summed E-state index contributed by atoms with van der Waals surface area (Å²) in [5, 5.41) is 7.07. The highest BCUT2D eigenvalue weighted by molar-refractivity contribution is 7.16. The summed E-state index contributed by atoms with van der Waals surface area (Å²) in [5.74, 6) is -1.15. The van der Waals surface area contributed by atoms with Crippen molar-refractivity contribution in [3.8, 4) is 28.3 Å². The highest BCUT2D eigenvalue weighted by Gasteiger charge is 2.26. The Labute approximate surface area is 240 Å². The Hall–Kier alpha value is -4.42. The van der Waals surface area contributed by atoms with Gasteiger partial charge < -0.3 is 10.5 Å². The molecular formula is C28H22ClF2N7O2S. The molecule has 0 bridgehead atoms. The van der Waals surface area contributed by atoms with Gasteiger partial charge in [0.2, 0.25) is 0 Å². The average Bonchev–Trinajstić information content (AvgIpc) is 3.51. The van der Waals surface area contributed by atoms with Crippen LogP contribution in [0, 0.1) is 11.6 Å². The lowest BCUT2D eigenvalue weighted by Crippen LogP contribution is -2.20. The maximum atomic E-state index is 14.9. The number of nitrogens with two attached hydrogens (primary N) is 1. The average molecular weight is 594 g/mol. The second-order valence-corrected chi connectivity index (χ2v) is 10.9. The summed E-state index contributed by atoms with van der Waals surface area (Å²) in [6, 6.07) is 8.26. The van der Waals surface area contributed by atoms with Crippen molar-refractivity contribution in [1.29, 1.82) is 0 Å². The Balaban J connectivity index is 1.59. The first-order valence-electron chi connectivity index (χ1n) is 12.5. The highest BCUT2D eigenvalue weighted by atomic mass is 35.5. The number of anilines is 1. The van der Waals surface area contributed by atoms with Crippen molar-refractivity contribution >= 4 is 44.6 Å². The molecule has 0 unspecified atom stereocenters. The molecular weight excluding hydrogens is 572 g/mol. The van der Waals surface area contributed by atoms with Gasteiger partial charge in [0.1, 0.15) is 33.6 Å². The van der Waals surface area contributed by atoms with Gasteiger partial charge in [0.15, 0.2) is 11.5 Å². The first kappa shape index (κ1) is 26.8. The van der Waals surface area contributed by atoms with E-state index in [1.165, 1.54) is 52.5 Å². The van der Waals surface area contributed by atoms with E-state index in [9.17, 15) is 13.6 Å². The fourth-order valence-electron chi connectivity index (χ4n) is 4.78. The minimum Gasteiger partial charge on any atom is -0.473 e. The Morgan fingerprint density at radius 3 is 2.61 bits per heavy atom. The number of nitrogens with zero attached hydrogens (tertiary/aromatic N) is 6. The van der Waals surface area contributed by atoms with Crippen molar-refractivity contribution in [2.24, 2.45) is 0 Å². The molecule has 9 nitrogen and oxygen atoms in total. The molecule has 41 heavy (non-hydrogen) atoms. The summed E-state index contributed by atoms with van der Waals surface area (Å²) in [7, 11) is 0. The topological polar surface area (TPSA) is 113 Å². The zero-order chi connectivity index (χ0) is 29.0. The summed E-state index contributed by atoms with van der Waals surface area (Å²) < 4.78 is 37.7. The van der Waals surface area contributed by atoms with Gasteiger partial charge in [0.05, 0.1) is 23.1 Å². The molecule has 6 rings (SSSR count). The van der Waals surface area contributed by atoms with E-state index in [0.29, 0.717) is 38.2 Å². The lowest BCUT2D eigenvalue weighted by Gasteiger charge is -2.18. The highest BCUT2D eigenvalue weighted by Crippen LogP contribution is 2.37. The first-order chi connectivity index (χ1) is 19.6. The molecule has 0 fully saturated rings. The van der Waals surface area contributed by atoms with E-state index in [-0.39, 0.29) is 28.5 Å². The largest absolute Gasteiger partial charge is 0.473 e. The predicted molar refractivity (Wildman–Crippen MR) is 154 cm³/mol. The number of rotatable bonds is 6. The molecule has 5 heterocycles. The SMILES string of the molecule is CC(C)Oc1ncc(-c2nn([C@@H](C)c3cc4scc(Cl)n4c(=O)c3-c3cccc(F)c3)c3ncnc(N)c23)cc1F. The van der Waals surface area contributed by atoms with Crippen LogP contribution in [0.25, 0.3) is 38.2 Å². The zero-order valence-corrected chi connectivity index (χ0v) is 23.5. The van der Waals surface area contributed by atoms with Gasteiger partial charge in [-0.05, 0) is 56.2 Å². The molecule has 0 aliphatic carbocycles. The fraction of sp³-hybridized carbons (Fsp3) is 0.179. The van der Waals surface area contributed by atoms with E-state index in [1.807, 2.05) is 13.0 Å². The van der Waals surface area contributed by atoms with Gasteiger partial charge in [-0.25, -0.2) is 28.4 Å². The molecule has 0 spiro atoms. The second-order valence-electron chi connectivity index (χ2n) is 9.63. The molecule has 208 valence electrons. The van der Waals surface area contributed by atoms with E-state index in [2.05, 4.69) is 15.0 Å². The Kier molecular flexibility index (Phi) is 6.66. The smallest absolute Gasteiger partial charge is 0.265 e. The predicted octanol–water partition coefficient (Wildman–Crippen LogP) is 6.14. The molecule has 0 aliphatic rings. The lowest BCUT2D eigenvalue weighted by molar-refractivity contribution is 0.221.